The van der Waals surface area contributed by atoms with Gasteiger partial charge in [-0.05, 0) is 28.1 Å². The molecule has 3 nitrogen and oxygen atoms in total. The average Bonchev–Trinajstić information content (AvgIpc) is 1.86. The summed E-state index contributed by atoms with van der Waals surface area (Å²) in [5.74, 6) is 0. The number of rotatable bonds is 5. The smallest absolute Gasteiger partial charge is 0.0558 e. The van der Waals surface area contributed by atoms with Crippen LogP contribution in [0.15, 0.2) is 0 Å². The maximum atomic E-state index is 8.66. The lowest BCUT2D eigenvalue weighted by Gasteiger charge is -2.26. The highest BCUT2D eigenvalue weighted by Crippen LogP contribution is 1.95. The van der Waals surface area contributed by atoms with E-state index < -0.39 is 0 Å². The second-order valence-corrected chi connectivity index (χ2v) is 3.32. The molecule has 0 aliphatic rings. The van der Waals surface area contributed by atoms with Crippen molar-refractivity contribution >= 4 is 0 Å². The minimum Gasteiger partial charge on any atom is -0.395 e. The maximum absolute atomic E-state index is 8.66. The fraction of sp³-hybridized carbons (Fsp3) is 1.00. The van der Waals surface area contributed by atoms with Crippen LogP contribution in [-0.4, -0.2) is 61.8 Å². The van der Waals surface area contributed by atoms with Crippen LogP contribution < -0.4 is 0 Å². The molecular formula is C8H20N2O. The molecule has 0 spiro atoms. The molecule has 0 aliphatic heterocycles. The van der Waals surface area contributed by atoms with Gasteiger partial charge in [0.2, 0.25) is 0 Å². The number of aliphatic hydroxyl groups excluding tert-OH is 1. The van der Waals surface area contributed by atoms with E-state index in [0.29, 0.717) is 6.04 Å². The molecule has 68 valence electrons. The van der Waals surface area contributed by atoms with Crippen LogP contribution in [-0.2, 0) is 0 Å². The van der Waals surface area contributed by atoms with E-state index in [4.69, 9.17) is 5.11 Å². The fourth-order valence-electron chi connectivity index (χ4n) is 1.05. The molecule has 11 heavy (non-hydrogen) atoms. The van der Waals surface area contributed by atoms with Crippen molar-refractivity contribution in [2.45, 2.75) is 13.0 Å². The predicted octanol–water partition coefficient (Wildman–Crippen LogP) is -0.139. The lowest BCUT2D eigenvalue weighted by atomic mass is 10.3. The zero-order valence-corrected chi connectivity index (χ0v) is 8.04. The molecule has 0 aromatic rings. The minimum atomic E-state index is 0.244. The van der Waals surface area contributed by atoms with E-state index in [1.165, 1.54) is 0 Å². The second-order valence-electron chi connectivity index (χ2n) is 3.32. The molecular weight excluding hydrogens is 140 g/mol. The van der Waals surface area contributed by atoms with Gasteiger partial charge in [0.1, 0.15) is 0 Å². The van der Waals surface area contributed by atoms with Crippen molar-refractivity contribution in [1.29, 1.82) is 0 Å². The van der Waals surface area contributed by atoms with Gasteiger partial charge in [-0.15, -0.1) is 0 Å². The van der Waals surface area contributed by atoms with Crippen LogP contribution >= 0.6 is 0 Å². The third-order valence-electron chi connectivity index (χ3n) is 1.83. The Hall–Kier alpha value is -0.120. The van der Waals surface area contributed by atoms with Crippen LogP contribution in [0.25, 0.3) is 0 Å². The van der Waals surface area contributed by atoms with Gasteiger partial charge >= 0.3 is 0 Å². The summed E-state index contributed by atoms with van der Waals surface area (Å²) in [5, 5.41) is 8.66. The van der Waals surface area contributed by atoms with E-state index in [0.717, 1.165) is 13.1 Å². The van der Waals surface area contributed by atoms with Gasteiger partial charge in [0.05, 0.1) is 6.61 Å². The molecule has 0 rings (SSSR count). The quantitative estimate of drug-likeness (QED) is 0.606. The Morgan fingerprint density at radius 1 is 1.27 bits per heavy atom. The van der Waals surface area contributed by atoms with E-state index in [1.54, 1.807) is 0 Å². The summed E-state index contributed by atoms with van der Waals surface area (Å²) in [6.45, 7) is 4.20. The van der Waals surface area contributed by atoms with Crippen LogP contribution in [0.3, 0.4) is 0 Å². The molecule has 0 bridgehead atoms. The molecule has 0 amide bonds. The van der Waals surface area contributed by atoms with Crippen molar-refractivity contribution in [2.24, 2.45) is 0 Å². The van der Waals surface area contributed by atoms with Crippen LogP contribution in [0.5, 0.6) is 0 Å². The first-order valence-corrected chi connectivity index (χ1v) is 4.03. The molecule has 1 unspecified atom stereocenters. The summed E-state index contributed by atoms with van der Waals surface area (Å²) in [4.78, 5) is 4.30. The number of aliphatic hydroxyl groups is 1. The molecule has 0 saturated heterocycles. The topological polar surface area (TPSA) is 26.7 Å². The first kappa shape index (κ1) is 10.9. The molecule has 0 aromatic carbocycles. The number of hydrogen-bond donors (Lipinski definition) is 1. The Labute approximate surface area is 69.6 Å². The normalized spacial score (nSPS) is 14.5. The van der Waals surface area contributed by atoms with Crippen molar-refractivity contribution in [1.82, 2.24) is 9.80 Å². The highest BCUT2D eigenvalue weighted by molar-refractivity contribution is 4.64. The van der Waals surface area contributed by atoms with Gasteiger partial charge in [0.25, 0.3) is 0 Å². The van der Waals surface area contributed by atoms with Gasteiger partial charge in [0, 0.05) is 19.1 Å². The summed E-state index contributed by atoms with van der Waals surface area (Å²) in [6, 6.07) is 0.511. The van der Waals surface area contributed by atoms with Gasteiger partial charge in [-0.2, -0.15) is 0 Å². The highest BCUT2D eigenvalue weighted by atomic mass is 16.3. The molecule has 0 fully saturated rings. The molecule has 1 N–H and O–H groups in total. The minimum absolute atomic E-state index is 0.244. The van der Waals surface area contributed by atoms with Crippen LogP contribution in [0.2, 0.25) is 0 Å². The Balaban J connectivity index is 3.54. The molecule has 0 heterocycles. The largest absolute Gasteiger partial charge is 0.395 e. The average molecular weight is 160 g/mol. The van der Waals surface area contributed by atoms with Gasteiger partial charge in [0.15, 0.2) is 0 Å². The fourth-order valence-corrected chi connectivity index (χ4v) is 1.05. The van der Waals surface area contributed by atoms with Crippen molar-refractivity contribution in [3.05, 3.63) is 0 Å². The van der Waals surface area contributed by atoms with Crippen molar-refractivity contribution in [3.8, 4) is 0 Å². The van der Waals surface area contributed by atoms with Crippen molar-refractivity contribution in [2.75, 3.05) is 40.8 Å². The van der Waals surface area contributed by atoms with Crippen LogP contribution in [0, 0.1) is 0 Å². The van der Waals surface area contributed by atoms with Gasteiger partial charge < -0.3 is 14.9 Å². The molecule has 0 aliphatic carbocycles. The van der Waals surface area contributed by atoms with E-state index in [2.05, 4.69) is 30.8 Å². The van der Waals surface area contributed by atoms with Crippen LogP contribution in [0.4, 0.5) is 0 Å². The van der Waals surface area contributed by atoms with Gasteiger partial charge in [-0.3, -0.25) is 0 Å². The van der Waals surface area contributed by atoms with E-state index in [-0.39, 0.29) is 6.61 Å². The zero-order valence-electron chi connectivity index (χ0n) is 8.04. The number of nitrogens with zero attached hydrogens (tertiary/aromatic N) is 2. The predicted molar refractivity (Wildman–Crippen MR) is 47.7 cm³/mol. The molecule has 0 saturated carbocycles. The molecule has 1 atom stereocenters. The Kier molecular flexibility index (Phi) is 5.46. The zero-order chi connectivity index (χ0) is 8.85. The standard InChI is InChI=1S/C8H20N2O/c1-8(7-9(2)3)10(4)5-6-11/h8,11H,5-7H2,1-4H3. The van der Waals surface area contributed by atoms with E-state index in [1.807, 2.05) is 7.05 Å². The molecule has 0 radical (unpaired) electrons. The third-order valence-corrected chi connectivity index (χ3v) is 1.83. The SMILES string of the molecule is CC(CN(C)C)N(C)CCO. The monoisotopic (exact) mass is 160 g/mol. The molecule has 3 heteroatoms. The van der Waals surface area contributed by atoms with E-state index in [9.17, 15) is 0 Å². The second kappa shape index (κ2) is 5.52. The summed E-state index contributed by atoms with van der Waals surface area (Å²) >= 11 is 0. The highest BCUT2D eigenvalue weighted by Gasteiger charge is 2.08. The lowest BCUT2D eigenvalue weighted by Crippen LogP contribution is -2.38. The Bertz CT molecular complexity index is 96.1. The first-order chi connectivity index (χ1) is 5.07. The van der Waals surface area contributed by atoms with E-state index >= 15 is 0 Å². The first-order valence-electron chi connectivity index (χ1n) is 4.03. The summed E-state index contributed by atoms with van der Waals surface area (Å²) in [5.41, 5.74) is 0. The van der Waals surface area contributed by atoms with Gasteiger partial charge in [-0.1, -0.05) is 0 Å². The van der Waals surface area contributed by atoms with Crippen molar-refractivity contribution < 1.29 is 5.11 Å². The summed E-state index contributed by atoms with van der Waals surface area (Å²) < 4.78 is 0. The van der Waals surface area contributed by atoms with Crippen LogP contribution in [0.1, 0.15) is 6.92 Å². The van der Waals surface area contributed by atoms with Crippen molar-refractivity contribution in [3.63, 3.8) is 0 Å². The number of likely N-dealkylation sites (N-methyl/N-ethyl adjacent to an activating group) is 2. The summed E-state index contributed by atoms with van der Waals surface area (Å²) in [6.07, 6.45) is 0. The Morgan fingerprint density at radius 3 is 2.18 bits per heavy atom. The number of hydrogen-bond acceptors (Lipinski definition) is 3. The Morgan fingerprint density at radius 2 is 1.82 bits per heavy atom. The lowest BCUT2D eigenvalue weighted by molar-refractivity contribution is 0.166. The summed E-state index contributed by atoms with van der Waals surface area (Å²) in [7, 11) is 6.15. The third kappa shape index (κ3) is 5.18. The molecule has 0 aromatic heterocycles. The maximum Gasteiger partial charge on any atom is 0.0558 e. The van der Waals surface area contributed by atoms with Gasteiger partial charge in [-0.25, -0.2) is 0 Å².